The minimum absolute atomic E-state index is 0.0152. The van der Waals surface area contributed by atoms with Gasteiger partial charge < -0.3 is 10.6 Å². The van der Waals surface area contributed by atoms with Crippen molar-refractivity contribution in [1.29, 1.82) is 0 Å². The Morgan fingerprint density at radius 1 is 0.875 bits per heavy atom. The number of hydrogen-bond acceptors (Lipinski definition) is 3. The number of benzene rings is 3. The van der Waals surface area contributed by atoms with Crippen molar-refractivity contribution in [2.24, 2.45) is 0 Å². The first-order valence-corrected chi connectivity index (χ1v) is 11.8. The summed E-state index contributed by atoms with van der Waals surface area (Å²) < 4.78 is 0. The van der Waals surface area contributed by atoms with E-state index in [1.807, 2.05) is 86.6 Å². The van der Waals surface area contributed by atoms with Crippen LogP contribution >= 0.6 is 11.8 Å². The molecule has 0 aromatic heterocycles. The van der Waals surface area contributed by atoms with Crippen LogP contribution < -0.4 is 10.6 Å². The molecule has 3 aromatic rings. The maximum Gasteiger partial charge on any atom is 0.242 e. The van der Waals surface area contributed by atoms with Gasteiger partial charge in [0.25, 0.3) is 0 Å². The predicted octanol–water partition coefficient (Wildman–Crippen LogP) is 6.90. The Hall–Kier alpha value is -3.05. The van der Waals surface area contributed by atoms with Crippen LogP contribution in [0.2, 0.25) is 0 Å². The van der Waals surface area contributed by atoms with E-state index in [2.05, 4.69) is 17.6 Å². The predicted molar refractivity (Wildman–Crippen MR) is 134 cm³/mol. The van der Waals surface area contributed by atoms with E-state index < -0.39 is 5.25 Å². The molecule has 0 bridgehead atoms. The first-order chi connectivity index (χ1) is 15.5. The summed E-state index contributed by atoms with van der Waals surface area (Å²) in [5, 5.41) is 5.67. The minimum Gasteiger partial charge on any atom is -0.326 e. The topological polar surface area (TPSA) is 58.2 Å². The Balaban J connectivity index is 1.82. The lowest BCUT2D eigenvalue weighted by Gasteiger charge is -2.19. The summed E-state index contributed by atoms with van der Waals surface area (Å²) in [7, 11) is 0. The summed E-state index contributed by atoms with van der Waals surface area (Å²) in [6, 6.07) is 23.4. The molecule has 3 rings (SSSR count). The molecule has 0 heterocycles. The van der Waals surface area contributed by atoms with Crippen molar-refractivity contribution in [1.82, 2.24) is 0 Å². The van der Waals surface area contributed by atoms with Crippen LogP contribution in [0.25, 0.3) is 0 Å². The first-order valence-electron chi connectivity index (χ1n) is 11.0. The number of carbonyl (C=O) groups is 2. The Morgan fingerprint density at radius 2 is 1.56 bits per heavy atom. The van der Waals surface area contributed by atoms with Crippen LogP contribution in [0.5, 0.6) is 0 Å². The molecule has 0 fully saturated rings. The highest BCUT2D eigenvalue weighted by atomic mass is 32.2. The SMILES string of the molecule is CCCCC(=O)Nc1cccc(SC(C(=O)Nc2c(C)cccc2C)c2ccccc2)c1. The van der Waals surface area contributed by atoms with Gasteiger partial charge in [-0.2, -0.15) is 0 Å². The van der Waals surface area contributed by atoms with E-state index >= 15 is 0 Å². The van der Waals surface area contributed by atoms with Crippen LogP contribution in [0.1, 0.15) is 48.1 Å². The Kier molecular flexibility index (Phi) is 8.51. The third-order valence-electron chi connectivity index (χ3n) is 5.20. The van der Waals surface area contributed by atoms with E-state index in [1.54, 1.807) is 0 Å². The van der Waals surface area contributed by atoms with Crippen molar-refractivity contribution in [3.8, 4) is 0 Å². The Labute approximate surface area is 194 Å². The molecule has 1 unspecified atom stereocenters. The van der Waals surface area contributed by atoms with Gasteiger partial charge in [-0.15, -0.1) is 11.8 Å². The summed E-state index contributed by atoms with van der Waals surface area (Å²) in [5.74, 6) is -0.0580. The molecule has 2 amide bonds. The third kappa shape index (κ3) is 6.47. The molecular weight excluding hydrogens is 416 g/mol. The smallest absolute Gasteiger partial charge is 0.242 e. The van der Waals surface area contributed by atoms with Gasteiger partial charge in [0.2, 0.25) is 11.8 Å². The number of para-hydroxylation sites is 1. The van der Waals surface area contributed by atoms with Crippen molar-refractivity contribution in [3.05, 3.63) is 89.5 Å². The highest BCUT2D eigenvalue weighted by Gasteiger charge is 2.23. The van der Waals surface area contributed by atoms with Crippen LogP contribution in [0.15, 0.2) is 77.7 Å². The molecule has 0 radical (unpaired) electrons. The molecule has 166 valence electrons. The third-order valence-corrected chi connectivity index (χ3v) is 6.45. The molecule has 4 nitrogen and oxygen atoms in total. The lowest BCUT2D eigenvalue weighted by Crippen LogP contribution is -2.20. The molecule has 0 aliphatic carbocycles. The number of aryl methyl sites for hydroxylation is 2. The molecule has 3 aromatic carbocycles. The van der Waals surface area contributed by atoms with Gasteiger partial charge in [-0.1, -0.05) is 67.9 Å². The zero-order chi connectivity index (χ0) is 22.9. The fourth-order valence-corrected chi connectivity index (χ4v) is 4.53. The summed E-state index contributed by atoms with van der Waals surface area (Å²) in [5.41, 5.74) is 4.60. The van der Waals surface area contributed by atoms with Crippen molar-refractivity contribution in [2.45, 2.75) is 50.2 Å². The number of unbranched alkanes of at least 4 members (excludes halogenated alkanes) is 1. The number of anilines is 2. The average molecular weight is 447 g/mol. The van der Waals surface area contributed by atoms with Crippen molar-refractivity contribution in [2.75, 3.05) is 10.6 Å². The summed E-state index contributed by atoms with van der Waals surface area (Å²) >= 11 is 1.48. The monoisotopic (exact) mass is 446 g/mol. The maximum atomic E-state index is 13.4. The highest BCUT2D eigenvalue weighted by molar-refractivity contribution is 8.00. The van der Waals surface area contributed by atoms with Crippen LogP contribution in [0.4, 0.5) is 11.4 Å². The van der Waals surface area contributed by atoms with Crippen molar-refractivity contribution >= 4 is 35.0 Å². The van der Waals surface area contributed by atoms with E-state index in [9.17, 15) is 9.59 Å². The normalized spacial score (nSPS) is 11.6. The molecule has 0 spiro atoms. The van der Waals surface area contributed by atoms with Gasteiger partial charge in [0, 0.05) is 22.7 Å². The second kappa shape index (κ2) is 11.5. The lowest BCUT2D eigenvalue weighted by molar-refractivity contribution is -0.116. The second-order valence-electron chi connectivity index (χ2n) is 7.84. The number of thioether (sulfide) groups is 1. The van der Waals surface area contributed by atoms with E-state index in [0.29, 0.717) is 6.42 Å². The van der Waals surface area contributed by atoms with Crippen LogP contribution in [0, 0.1) is 13.8 Å². The Morgan fingerprint density at radius 3 is 2.25 bits per heavy atom. The molecule has 1 atom stereocenters. The maximum absolute atomic E-state index is 13.4. The zero-order valence-electron chi connectivity index (χ0n) is 18.9. The van der Waals surface area contributed by atoms with Gasteiger partial charge in [0.15, 0.2) is 0 Å². The van der Waals surface area contributed by atoms with Crippen molar-refractivity contribution < 1.29 is 9.59 Å². The molecule has 0 saturated heterocycles. The zero-order valence-corrected chi connectivity index (χ0v) is 19.7. The molecule has 5 heteroatoms. The van der Waals surface area contributed by atoms with Gasteiger partial charge in [-0.25, -0.2) is 0 Å². The molecule has 32 heavy (non-hydrogen) atoms. The molecular formula is C27H30N2O2S. The number of rotatable bonds is 9. The van der Waals surface area contributed by atoms with Crippen LogP contribution in [-0.4, -0.2) is 11.8 Å². The van der Waals surface area contributed by atoms with Gasteiger partial charge in [0.1, 0.15) is 5.25 Å². The molecule has 0 aliphatic rings. The quantitative estimate of drug-likeness (QED) is 0.351. The number of hydrogen-bond donors (Lipinski definition) is 2. The van der Waals surface area contributed by atoms with Gasteiger partial charge in [0.05, 0.1) is 0 Å². The van der Waals surface area contributed by atoms with E-state index in [4.69, 9.17) is 0 Å². The molecule has 2 N–H and O–H groups in total. The van der Waals surface area contributed by atoms with E-state index in [0.717, 1.165) is 45.8 Å². The number of amides is 2. The summed E-state index contributed by atoms with van der Waals surface area (Å²) in [6.07, 6.45) is 2.37. The number of nitrogens with one attached hydrogen (secondary N) is 2. The van der Waals surface area contributed by atoms with Gasteiger partial charge in [-0.05, 0) is 55.2 Å². The molecule has 0 saturated carbocycles. The Bertz CT molecular complexity index is 1050. The standard InChI is InChI=1S/C27H30N2O2S/c1-4-5-17-24(30)28-22-15-10-16-23(18-22)32-26(21-13-7-6-8-14-21)27(31)29-25-19(2)11-9-12-20(25)3/h6-16,18,26H,4-5,17H2,1-3H3,(H,28,30)(H,29,31). The lowest BCUT2D eigenvalue weighted by atomic mass is 10.1. The van der Waals surface area contributed by atoms with Crippen LogP contribution in [-0.2, 0) is 9.59 Å². The number of carbonyl (C=O) groups excluding carboxylic acids is 2. The fourth-order valence-electron chi connectivity index (χ4n) is 3.45. The minimum atomic E-state index is -0.429. The van der Waals surface area contributed by atoms with E-state index in [1.165, 1.54) is 11.8 Å². The van der Waals surface area contributed by atoms with E-state index in [-0.39, 0.29) is 11.8 Å². The summed E-state index contributed by atoms with van der Waals surface area (Å²) in [6.45, 7) is 6.06. The van der Waals surface area contributed by atoms with Gasteiger partial charge in [-0.3, -0.25) is 9.59 Å². The van der Waals surface area contributed by atoms with Crippen LogP contribution in [0.3, 0.4) is 0 Å². The second-order valence-corrected chi connectivity index (χ2v) is 9.02. The molecule has 0 aliphatic heterocycles. The largest absolute Gasteiger partial charge is 0.326 e. The van der Waals surface area contributed by atoms with Crippen molar-refractivity contribution in [3.63, 3.8) is 0 Å². The highest BCUT2D eigenvalue weighted by Crippen LogP contribution is 2.37. The fraction of sp³-hybridized carbons (Fsp3) is 0.259. The average Bonchev–Trinajstić information content (AvgIpc) is 2.79. The first kappa shape index (κ1) is 23.6. The van der Waals surface area contributed by atoms with Gasteiger partial charge >= 0.3 is 0 Å². The summed E-state index contributed by atoms with van der Waals surface area (Å²) in [4.78, 5) is 26.4.